The van der Waals surface area contributed by atoms with Gasteiger partial charge in [0.15, 0.2) is 0 Å². The molecule has 0 radical (unpaired) electrons. The van der Waals surface area contributed by atoms with Crippen LogP contribution in [0.15, 0.2) is 22.7 Å². The lowest BCUT2D eigenvalue weighted by atomic mass is 9.93. The van der Waals surface area contributed by atoms with Crippen LogP contribution in [-0.2, 0) is 0 Å². The zero-order valence-electron chi connectivity index (χ0n) is 16.2. The van der Waals surface area contributed by atoms with Crippen LogP contribution in [0.3, 0.4) is 0 Å². The summed E-state index contributed by atoms with van der Waals surface area (Å²) in [4.78, 5) is 0. The van der Waals surface area contributed by atoms with Gasteiger partial charge in [0.05, 0.1) is 0 Å². The Morgan fingerprint density at radius 1 is 1.09 bits per heavy atom. The largest absolute Gasteiger partial charge is 0.507 e. The summed E-state index contributed by atoms with van der Waals surface area (Å²) in [7, 11) is 0.806. The molecule has 0 bridgehead atoms. The Kier molecular flexibility index (Phi) is 9.40. The maximum absolute atomic E-state index is 10.6. The highest BCUT2D eigenvalue weighted by molar-refractivity contribution is 8.23. The molecule has 1 rings (SSSR count). The van der Waals surface area contributed by atoms with Crippen LogP contribution in [0.1, 0.15) is 86.5 Å². The van der Waals surface area contributed by atoms with E-state index in [1.807, 2.05) is 0 Å². The Hall–Kier alpha value is 0.140. The van der Waals surface area contributed by atoms with Crippen molar-refractivity contribution in [2.45, 2.75) is 92.1 Å². The van der Waals surface area contributed by atoms with E-state index in [2.05, 4.69) is 47.6 Å². The summed E-state index contributed by atoms with van der Waals surface area (Å²) < 4.78 is 0. The van der Waals surface area contributed by atoms with Crippen LogP contribution in [0.25, 0.3) is 0 Å². The smallest absolute Gasteiger partial charge is 0.122 e. The molecule has 0 spiro atoms. The van der Waals surface area contributed by atoms with Crippen LogP contribution in [-0.4, -0.2) is 16.9 Å². The predicted octanol–water partition coefficient (Wildman–Crippen LogP) is 7.98. The highest BCUT2D eigenvalue weighted by Gasteiger charge is 2.34. The topological polar surface area (TPSA) is 20.2 Å². The van der Waals surface area contributed by atoms with Crippen molar-refractivity contribution in [2.75, 3.05) is 6.16 Å². The maximum atomic E-state index is 10.6. The fourth-order valence-corrected chi connectivity index (χ4v) is 10.3. The Morgan fingerprint density at radius 2 is 1.65 bits per heavy atom. The number of hydrogen-bond acceptors (Lipinski definition) is 1. The second kappa shape index (κ2) is 10.2. The van der Waals surface area contributed by atoms with E-state index in [9.17, 15) is 5.11 Å². The molecular weight excluding hydrogens is 318 g/mol. The molecule has 134 valence electrons. The normalized spacial score (nSPS) is 23.0. The molecule has 0 fully saturated rings. The van der Waals surface area contributed by atoms with Crippen LogP contribution >= 0.6 is 15.9 Å². The molecule has 3 unspecified atom stereocenters. The minimum absolute atomic E-state index is 0.0900. The molecule has 3 heteroatoms. The van der Waals surface area contributed by atoms with Crippen LogP contribution in [0, 0.1) is 5.41 Å². The van der Waals surface area contributed by atoms with Crippen molar-refractivity contribution in [2.24, 2.45) is 5.41 Å². The molecule has 0 aromatic carbocycles. The minimum Gasteiger partial charge on any atom is -0.507 e. The summed E-state index contributed by atoms with van der Waals surface area (Å²) in [6.07, 6.45) is 13.4. The van der Waals surface area contributed by atoms with E-state index in [4.69, 9.17) is 0 Å². The first kappa shape index (κ1) is 21.2. The molecule has 3 atom stereocenters. The summed E-state index contributed by atoms with van der Waals surface area (Å²) in [5, 5.41) is 12.0. The zero-order valence-corrected chi connectivity index (χ0v) is 18.1. The van der Waals surface area contributed by atoms with E-state index in [0.29, 0.717) is 11.4 Å². The van der Waals surface area contributed by atoms with Gasteiger partial charge in [-0.3, -0.25) is 0 Å². The van der Waals surface area contributed by atoms with Gasteiger partial charge in [-0.2, -0.15) is 0 Å². The lowest BCUT2D eigenvalue weighted by Gasteiger charge is -2.37. The van der Waals surface area contributed by atoms with Gasteiger partial charge in [-0.25, -0.2) is 0 Å². The number of rotatable bonds is 9. The first-order valence-electron chi connectivity index (χ1n) is 9.44. The summed E-state index contributed by atoms with van der Waals surface area (Å²) in [6, 6.07) is 0. The second-order valence-corrected chi connectivity index (χ2v) is 13.1. The minimum atomic E-state index is -0.200. The van der Waals surface area contributed by atoms with Crippen molar-refractivity contribution in [3.63, 3.8) is 0 Å². The van der Waals surface area contributed by atoms with Crippen molar-refractivity contribution < 1.29 is 5.11 Å². The van der Waals surface area contributed by atoms with E-state index < -0.39 is 0 Å². The molecule has 1 nitrogen and oxygen atoms in total. The third kappa shape index (κ3) is 6.88. The van der Waals surface area contributed by atoms with Gasteiger partial charge in [0.1, 0.15) is 5.76 Å². The standard InChI is InChI=1S/C20H38OP2/c1-7-8-9-10-11-12-13-14-22-23-17(3)15-16(2)18(21)19(23)20(4,5)6/h15,17,21-22H,7-14H2,1-6H3. The SMILES string of the molecule is CCCCCCCCCPP1C(C(C)(C)C)=C(O)C(C)=CC1C. The summed E-state index contributed by atoms with van der Waals surface area (Å²) in [6.45, 7) is 13.5. The van der Waals surface area contributed by atoms with E-state index in [1.54, 1.807) is 0 Å². The van der Waals surface area contributed by atoms with E-state index >= 15 is 0 Å². The number of aliphatic hydroxyl groups is 1. The Morgan fingerprint density at radius 3 is 2.22 bits per heavy atom. The molecule has 0 aliphatic carbocycles. The second-order valence-electron chi connectivity index (χ2n) is 7.94. The summed E-state index contributed by atoms with van der Waals surface area (Å²) in [5.41, 5.74) is 1.80. The molecule has 0 aromatic rings. The maximum Gasteiger partial charge on any atom is 0.122 e. The Bertz CT molecular complexity index is 418. The summed E-state index contributed by atoms with van der Waals surface area (Å²) >= 11 is 0. The lowest BCUT2D eigenvalue weighted by Crippen LogP contribution is -2.17. The molecule has 1 heterocycles. The van der Waals surface area contributed by atoms with Crippen molar-refractivity contribution >= 4 is 15.9 Å². The number of hydrogen-bond donors (Lipinski definition) is 1. The third-order valence-corrected chi connectivity index (χ3v) is 11.3. The molecule has 1 aliphatic rings. The van der Waals surface area contributed by atoms with Crippen LogP contribution in [0.4, 0.5) is 0 Å². The third-order valence-electron chi connectivity index (χ3n) is 4.51. The van der Waals surface area contributed by atoms with Crippen molar-refractivity contribution in [1.29, 1.82) is 0 Å². The predicted molar refractivity (Wildman–Crippen MR) is 110 cm³/mol. The van der Waals surface area contributed by atoms with Gasteiger partial charge in [-0.1, -0.05) is 87.5 Å². The fraction of sp³-hybridized carbons (Fsp3) is 0.800. The zero-order chi connectivity index (χ0) is 17.5. The first-order chi connectivity index (χ1) is 10.8. The molecule has 1 aliphatic heterocycles. The van der Waals surface area contributed by atoms with Gasteiger partial charge < -0.3 is 5.11 Å². The molecule has 23 heavy (non-hydrogen) atoms. The average molecular weight is 356 g/mol. The fourth-order valence-electron chi connectivity index (χ4n) is 3.24. The molecular formula is C20H38OP2. The molecule has 0 amide bonds. The van der Waals surface area contributed by atoms with E-state index in [0.717, 1.165) is 13.8 Å². The molecule has 0 aromatic heterocycles. The summed E-state index contributed by atoms with van der Waals surface area (Å²) in [5.74, 6) is 0.605. The molecule has 0 saturated heterocycles. The van der Waals surface area contributed by atoms with Crippen molar-refractivity contribution in [1.82, 2.24) is 0 Å². The van der Waals surface area contributed by atoms with Gasteiger partial charge in [-0.05, 0) is 38.1 Å². The van der Waals surface area contributed by atoms with Gasteiger partial charge in [0.25, 0.3) is 0 Å². The quantitative estimate of drug-likeness (QED) is 0.328. The van der Waals surface area contributed by atoms with Crippen molar-refractivity contribution in [3.8, 4) is 0 Å². The number of unbranched alkanes of at least 4 members (excludes halogenated alkanes) is 6. The molecule has 0 saturated carbocycles. The van der Waals surface area contributed by atoms with Gasteiger partial charge >= 0.3 is 0 Å². The Labute approximate surface area is 147 Å². The first-order valence-corrected chi connectivity index (χ1v) is 12.9. The lowest BCUT2D eigenvalue weighted by molar-refractivity contribution is 0.394. The highest BCUT2D eigenvalue weighted by atomic mass is 32.0. The average Bonchev–Trinajstić information content (AvgIpc) is 2.45. The highest BCUT2D eigenvalue weighted by Crippen LogP contribution is 2.71. The van der Waals surface area contributed by atoms with E-state index in [1.165, 1.54) is 56.4 Å². The van der Waals surface area contributed by atoms with Crippen LogP contribution in [0.5, 0.6) is 0 Å². The van der Waals surface area contributed by atoms with Crippen LogP contribution in [0.2, 0.25) is 0 Å². The van der Waals surface area contributed by atoms with E-state index in [-0.39, 0.29) is 13.0 Å². The molecule has 1 N–H and O–H groups in total. The van der Waals surface area contributed by atoms with Gasteiger partial charge in [0, 0.05) is 11.0 Å². The van der Waals surface area contributed by atoms with Gasteiger partial charge in [-0.15, -0.1) is 0 Å². The number of allylic oxidation sites excluding steroid dienone is 3. The number of aliphatic hydroxyl groups excluding tert-OH is 1. The Balaban J connectivity index is 2.48. The monoisotopic (exact) mass is 356 g/mol. The van der Waals surface area contributed by atoms with Gasteiger partial charge in [0.2, 0.25) is 0 Å². The van der Waals surface area contributed by atoms with Crippen molar-refractivity contribution in [3.05, 3.63) is 22.7 Å². The van der Waals surface area contributed by atoms with Crippen LogP contribution < -0.4 is 0 Å².